The number of rotatable bonds is 3. The minimum atomic E-state index is 0.183. The summed E-state index contributed by atoms with van der Waals surface area (Å²) in [5, 5.41) is 18.0. The summed E-state index contributed by atoms with van der Waals surface area (Å²) >= 11 is 5.77. The van der Waals surface area contributed by atoms with Crippen molar-refractivity contribution in [1.29, 1.82) is 0 Å². The highest BCUT2D eigenvalue weighted by Crippen LogP contribution is 2.12. The van der Waals surface area contributed by atoms with Gasteiger partial charge in [-0.25, -0.2) is 0 Å². The van der Waals surface area contributed by atoms with Crippen LogP contribution in [0.1, 0.15) is 11.1 Å². The summed E-state index contributed by atoms with van der Waals surface area (Å²) in [5.41, 5.74) is 1.54. The molecule has 3 nitrogen and oxygen atoms in total. The van der Waals surface area contributed by atoms with Crippen molar-refractivity contribution in [3.8, 4) is 5.75 Å². The molecule has 0 saturated carbocycles. The number of nitrogens with zero attached hydrogens (tertiary/aromatic N) is 2. The SMILES string of the molecule is Oc1ccccc1C=NN=Cc1ccc(Cl)cc1. The van der Waals surface area contributed by atoms with Crippen molar-refractivity contribution in [2.24, 2.45) is 10.2 Å². The summed E-state index contributed by atoms with van der Waals surface area (Å²) in [5.74, 6) is 0.183. The number of para-hydroxylation sites is 1. The van der Waals surface area contributed by atoms with E-state index in [0.29, 0.717) is 10.6 Å². The molecule has 4 heteroatoms. The Labute approximate surface area is 110 Å². The van der Waals surface area contributed by atoms with Crippen LogP contribution in [0.3, 0.4) is 0 Å². The quantitative estimate of drug-likeness (QED) is 0.665. The Morgan fingerprint density at radius 2 is 1.56 bits per heavy atom. The van der Waals surface area contributed by atoms with Crippen LogP contribution in [0.5, 0.6) is 5.75 Å². The standard InChI is InChI=1S/C14H11ClN2O/c15-13-7-5-11(6-8-13)9-16-17-10-12-3-1-2-4-14(12)18/h1-10,18H. The van der Waals surface area contributed by atoms with Crippen LogP contribution >= 0.6 is 11.6 Å². The predicted molar refractivity (Wildman–Crippen MR) is 74.7 cm³/mol. The first-order valence-corrected chi connectivity index (χ1v) is 5.73. The van der Waals surface area contributed by atoms with Gasteiger partial charge in [-0.2, -0.15) is 10.2 Å². The molecule has 2 rings (SSSR count). The minimum absolute atomic E-state index is 0.183. The van der Waals surface area contributed by atoms with Crippen LogP contribution in [0.25, 0.3) is 0 Å². The van der Waals surface area contributed by atoms with Crippen LogP contribution in [-0.2, 0) is 0 Å². The van der Waals surface area contributed by atoms with Gasteiger partial charge >= 0.3 is 0 Å². The van der Waals surface area contributed by atoms with Gasteiger partial charge in [-0.05, 0) is 29.8 Å². The number of hydrogen-bond acceptors (Lipinski definition) is 3. The van der Waals surface area contributed by atoms with Gasteiger partial charge in [-0.1, -0.05) is 35.9 Å². The summed E-state index contributed by atoms with van der Waals surface area (Å²) in [6.07, 6.45) is 3.12. The average molecular weight is 259 g/mol. The largest absolute Gasteiger partial charge is 0.507 e. The molecule has 0 radical (unpaired) electrons. The lowest BCUT2D eigenvalue weighted by atomic mass is 10.2. The molecule has 1 N–H and O–H groups in total. The Morgan fingerprint density at radius 3 is 2.28 bits per heavy atom. The molecule has 0 aliphatic rings. The molecule has 0 fully saturated rings. The number of benzene rings is 2. The van der Waals surface area contributed by atoms with E-state index in [2.05, 4.69) is 10.2 Å². The van der Waals surface area contributed by atoms with E-state index in [4.69, 9.17) is 11.6 Å². The molecular formula is C14H11ClN2O. The Balaban J connectivity index is 2.03. The summed E-state index contributed by atoms with van der Waals surface area (Å²) in [6, 6.07) is 14.2. The van der Waals surface area contributed by atoms with Gasteiger partial charge in [-0.15, -0.1) is 0 Å². The van der Waals surface area contributed by atoms with Gasteiger partial charge in [0.15, 0.2) is 0 Å². The third kappa shape index (κ3) is 3.43. The van der Waals surface area contributed by atoms with Crippen molar-refractivity contribution in [2.75, 3.05) is 0 Å². The van der Waals surface area contributed by atoms with Gasteiger partial charge in [0.2, 0.25) is 0 Å². The first kappa shape index (κ1) is 12.3. The molecule has 0 aliphatic heterocycles. The molecule has 18 heavy (non-hydrogen) atoms. The molecule has 0 atom stereocenters. The molecule has 90 valence electrons. The lowest BCUT2D eigenvalue weighted by Crippen LogP contribution is -1.81. The zero-order valence-corrected chi connectivity index (χ0v) is 10.2. The fourth-order valence-electron chi connectivity index (χ4n) is 1.34. The second-order valence-electron chi connectivity index (χ2n) is 3.60. The van der Waals surface area contributed by atoms with E-state index in [1.165, 1.54) is 6.21 Å². The number of aromatic hydroxyl groups is 1. The summed E-state index contributed by atoms with van der Waals surface area (Å²) in [7, 11) is 0. The monoisotopic (exact) mass is 258 g/mol. The Kier molecular flexibility index (Phi) is 4.10. The first-order valence-electron chi connectivity index (χ1n) is 5.36. The summed E-state index contributed by atoms with van der Waals surface area (Å²) in [6.45, 7) is 0. The minimum Gasteiger partial charge on any atom is -0.507 e. The third-order valence-electron chi connectivity index (χ3n) is 2.28. The summed E-state index contributed by atoms with van der Waals surface area (Å²) < 4.78 is 0. The average Bonchev–Trinajstić information content (AvgIpc) is 2.39. The zero-order chi connectivity index (χ0) is 12.8. The normalized spacial score (nSPS) is 11.4. The van der Waals surface area contributed by atoms with Crippen LogP contribution in [0.4, 0.5) is 0 Å². The molecule has 2 aromatic rings. The van der Waals surface area contributed by atoms with E-state index in [-0.39, 0.29) is 5.75 Å². The van der Waals surface area contributed by atoms with Gasteiger partial charge in [0.25, 0.3) is 0 Å². The van der Waals surface area contributed by atoms with E-state index >= 15 is 0 Å². The van der Waals surface area contributed by atoms with E-state index in [0.717, 1.165) is 5.56 Å². The highest BCUT2D eigenvalue weighted by atomic mass is 35.5. The van der Waals surface area contributed by atoms with Gasteiger partial charge in [0, 0.05) is 10.6 Å². The maximum absolute atomic E-state index is 9.50. The van der Waals surface area contributed by atoms with Crippen LogP contribution < -0.4 is 0 Å². The maximum atomic E-state index is 9.50. The highest BCUT2D eigenvalue weighted by molar-refractivity contribution is 6.30. The fraction of sp³-hybridized carbons (Fsp3) is 0. The van der Waals surface area contributed by atoms with Crippen molar-refractivity contribution in [3.05, 3.63) is 64.7 Å². The molecule has 0 heterocycles. The van der Waals surface area contributed by atoms with Gasteiger partial charge in [-0.3, -0.25) is 0 Å². The molecule has 0 spiro atoms. The third-order valence-corrected chi connectivity index (χ3v) is 2.53. The Morgan fingerprint density at radius 1 is 0.889 bits per heavy atom. The maximum Gasteiger partial charge on any atom is 0.124 e. The van der Waals surface area contributed by atoms with Crippen molar-refractivity contribution in [1.82, 2.24) is 0 Å². The second kappa shape index (κ2) is 5.98. The number of hydrogen-bond donors (Lipinski definition) is 1. The van der Waals surface area contributed by atoms with Gasteiger partial charge in [0.1, 0.15) is 5.75 Å². The first-order chi connectivity index (χ1) is 8.75. The smallest absolute Gasteiger partial charge is 0.124 e. The van der Waals surface area contributed by atoms with Crippen LogP contribution in [0, 0.1) is 0 Å². The van der Waals surface area contributed by atoms with Crippen LogP contribution in [0.2, 0.25) is 5.02 Å². The molecule has 2 aromatic carbocycles. The second-order valence-corrected chi connectivity index (χ2v) is 4.04. The topological polar surface area (TPSA) is 45.0 Å². The lowest BCUT2D eigenvalue weighted by molar-refractivity contribution is 0.474. The Bertz CT molecular complexity index is 577. The zero-order valence-electron chi connectivity index (χ0n) is 9.49. The lowest BCUT2D eigenvalue weighted by Gasteiger charge is -1.94. The van der Waals surface area contributed by atoms with Crippen molar-refractivity contribution in [3.63, 3.8) is 0 Å². The van der Waals surface area contributed by atoms with E-state index < -0.39 is 0 Å². The van der Waals surface area contributed by atoms with Crippen molar-refractivity contribution < 1.29 is 5.11 Å². The van der Waals surface area contributed by atoms with E-state index in [1.54, 1.807) is 36.5 Å². The number of halogens is 1. The fourth-order valence-corrected chi connectivity index (χ4v) is 1.47. The molecule has 0 saturated heterocycles. The molecule has 0 amide bonds. The van der Waals surface area contributed by atoms with Gasteiger partial charge in [0.05, 0.1) is 12.4 Å². The molecule has 0 unspecified atom stereocenters. The van der Waals surface area contributed by atoms with Gasteiger partial charge < -0.3 is 5.11 Å². The van der Waals surface area contributed by atoms with Crippen LogP contribution in [-0.4, -0.2) is 17.5 Å². The molecular weight excluding hydrogens is 248 g/mol. The molecule has 0 aromatic heterocycles. The molecule has 0 bridgehead atoms. The Hall–Kier alpha value is -2.13. The molecule has 0 aliphatic carbocycles. The summed E-state index contributed by atoms with van der Waals surface area (Å²) in [4.78, 5) is 0. The van der Waals surface area contributed by atoms with Crippen molar-refractivity contribution in [2.45, 2.75) is 0 Å². The van der Waals surface area contributed by atoms with Crippen molar-refractivity contribution >= 4 is 24.0 Å². The predicted octanol–water partition coefficient (Wildman–Crippen LogP) is 3.50. The number of phenols is 1. The van der Waals surface area contributed by atoms with E-state index in [1.807, 2.05) is 18.2 Å². The van der Waals surface area contributed by atoms with Crippen LogP contribution in [0.15, 0.2) is 58.7 Å². The number of phenolic OH excluding ortho intramolecular Hbond substituents is 1. The highest BCUT2D eigenvalue weighted by Gasteiger charge is 1.93. The van der Waals surface area contributed by atoms with E-state index in [9.17, 15) is 5.11 Å².